The van der Waals surface area contributed by atoms with Crippen molar-refractivity contribution >= 4 is 12.2 Å². The SMILES string of the molecule is C=C(C)[C@H]1[C@@H]2CC[C@H](CN1C(=O)O)N2C(=O)O. The minimum atomic E-state index is -1.00. The average Bonchev–Trinajstić information content (AvgIpc) is 2.52. The van der Waals surface area contributed by atoms with Crippen molar-refractivity contribution in [3.05, 3.63) is 12.2 Å². The van der Waals surface area contributed by atoms with E-state index in [9.17, 15) is 14.7 Å². The van der Waals surface area contributed by atoms with Gasteiger partial charge < -0.3 is 10.2 Å². The zero-order valence-corrected chi connectivity index (χ0v) is 9.67. The first-order valence-electron chi connectivity index (χ1n) is 5.59. The minimum absolute atomic E-state index is 0.204. The van der Waals surface area contributed by atoms with Gasteiger partial charge in [-0.2, -0.15) is 0 Å². The van der Waals surface area contributed by atoms with Crippen molar-refractivity contribution in [1.29, 1.82) is 0 Å². The largest absolute Gasteiger partial charge is 0.465 e. The van der Waals surface area contributed by atoms with Crippen LogP contribution in [0.5, 0.6) is 0 Å². The molecule has 6 heteroatoms. The molecule has 2 saturated heterocycles. The van der Waals surface area contributed by atoms with Crippen LogP contribution in [0.15, 0.2) is 12.2 Å². The molecule has 0 aliphatic carbocycles. The van der Waals surface area contributed by atoms with Gasteiger partial charge in [0.2, 0.25) is 0 Å². The summed E-state index contributed by atoms with van der Waals surface area (Å²) in [4.78, 5) is 25.1. The Morgan fingerprint density at radius 1 is 1.24 bits per heavy atom. The molecule has 2 N–H and O–H groups in total. The van der Waals surface area contributed by atoms with Crippen molar-refractivity contribution in [3.8, 4) is 0 Å². The van der Waals surface area contributed by atoms with Gasteiger partial charge in [0.05, 0.1) is 18.1 Å². The van der Waals surface area contributed by atoms with Gasteiger partial charge in [-0.3, -0.25) is 9.80 Å². The van der Waals surface area contributed by atoms with Crippen molar-refractivity contribution in [1.82, 2.24) is 9.80 Å². The first-order chi connectivity index (χ1) is 7.93. The van der Waals surface area contributed by atoms with Crippen LogP contribution in [0.1, 0.15) is 19.8 Å². The lowest BCUT2D eigenvalue weighted by molar-refractivity contribution is 0.0359. The Labute approximate surface area is 99.1 Å². The molecule has 2 bridgehead atoms. The molecule has 94 valence electrons. The maximum atomic E-state index is 11.2. The Hall–Kier alpha value is -1.72. The summed E-state index contributed by atoms with van der Waals surface area (Å²) in [6, 6.07) is -0.897. The maximum absolute atomic E-state index is 11.2. The highest BCUT2D eigenvalue weighted by atomic mass is 16.4. The summed E-state index contributed by atoms with van der Waals surface area (Å²) < 4.78 is 0. The molecule has 2 aliphatic rings. The van der Waals surface area contributed by atoms with Gasteiger partial charge in [-0.1, -0.05) is 12.2 Å². The lowest BCUT2D eigenvalue weighted by Crippen LogP contribution is -2.62. The van der Waals surface area contributed by atoms with Gasteiger partial charge in [-0.15, -0.1) is 0 Å². The Balaban J connectivity index is 2.33. The van der Waals surface area contributed by atoms with Crippen molar-refractivity contribution in [3.63, 3.8) is 0 Å². The molecule has 2 amide bonds. The summed E-state index contributed by atoms with van der Waals surface area (Å²) in [5, 5.41) is 18.3. The normalized spacial score (nSPS) is 31.5. The molecule has 2 aliphatic heterocycles. The number of fused-ring (bicyclic) bond motifs is 2. The van der Waals surface area contributed by atoms with Crippen LogP contribution in [0.25, 0.3) is 0 Å². The van der Waals surface area contributed by atoms with E-state index in [-0.39, 0.29) is 18.6 Å². The van der Waals surface area contributed by atoms with E-state index in [1.165, 1.54) is 9.80 Å². The van der Waals surface area contributed by atoms with E-state index in [0.717, 1.165) is 6.42 Å². The lowest BCUT2D eigenvalue weighted by Gasteiger charge is -2.44. The van der Waals surface area contributed by atoms with E-state index in [1.54, 1.807) is 6.92 Å². The van der Waals surface area contributed by atoms with Gasteiger partial charge in [0, 0.05) is 6.54 Å². The summed E-state index contributed by atoms with van der Waals surface area (Å²) in [6.45, 7) is 5.79. The number of nitrogens with zero attached hydrogens (tertiary/aromatic N) is 2. The summed E-state index contributed by atoms with van der Waals surface area (Å²) in [6.07, 6.45) is -0.531. The molecular weight excluding hydrogens is 224 g/mol. The number of hydrogen-bond donors (Lipinski definition) is 2. The summed E-state index contributed by atoms with van der Waals surface area (Å²) in [5.41, 5.74) is 0.698. The topological polar surface area (TPSA) is 81.1 Å². The fraction of sp³-hybridized carbons (Fsp3) is 0.636. The molecule has 2 fully saturated rings. The molecule has 0 spiro atoms. The zero-order valence-electron chi connectivity index (χ0n) is 9.67. The van der Waals surface area contributed by atoms with Crippen LogP contribution in [0.2, 0.25) is 0 Å². The fourth-order valence-electron chi connectivity index (χ4n) is 3.04. The van der Waals surface area contributed by atoms with Crippen LogP contribution >= 0.6 is 0 Å². The van der Waals surface area contributed by atoms with Crippen LogP contribution in [-0.4, -0.2) is 56.9 Å². The second-order valence-corrected chi connectivity index (χ2v) is 4.71. The Morgan fingerprint density at radius 3 is 2.35 bits per heavy atom. The van der Waals surface area contributed by atoms with Crippen molar-refractivity contribution in [2.45, 2.75) is 37.9 Å². The van der Waals surface area contributed by atoms with Crippen LogP contribution in [0.4, 0.5) is 9.59 Å². The van der Waals surface area contributed by atoms with Gasteiger partial charge in [-0.25, -0.2) is 9.59 Å². The number of carboxylic acid groups (broad SMARTS) is 2. The van der Waals surface area contributed by atoms with Gasteiger partial charge >= 0.3 is 12.2 Å². The smallest absolute Gasteiger partial charge is 0.407 e. The monoisotopic (exact) mass is 240 g/mol. The average molecular weight is 240 g/mol. The quantitative estimate of drug-likeness (QED) is 0.679. The maximum Gasteiger partial charge on any atom is 0.407 e. The Bertz CT molecular complexity index is 382. The Kier molecular flexibility index (Phi) is 2.73. The molecule has 6 nitrogen and oxygen atoms in total. The molecule has 0 saturated carbocycles. The highest BCUT2D eigenvalue weighted by Gasteiger charge is 2.50. The predicted octanol–water partition coefficient (Wildman–Crippen LogP) is 1.44. The number of hydrogen-bond acceptors (Lipinski definition) is 2. The zero-order chi connectivity index (χ0) is 12.7. The molecule has 2 rings (SSSR count). The number of likely N-dealkylation sites (tertiary alicyclic amines) is 1. The van der Waals surface area contributed by atoms with E-state index in [0.29, 0.717) is 12.0 Å². The molecular formula is C11H16N2O4. The minimum Gasteiger partial charge on any atom is -0.465 e. The van der Waals surface area contributed by atoms with E-state index in [1.807, 2.05) is 0 Å². The molecule has 2 heterocycles. The van der Waals surface area contributed by atoms with Crippen molar-refractivity contribution < 1.29 is 19.8 Å². The first kappa shape index (κ1) is 11.8. The van der Waals surface area contributed by atoms with E-state index < -0.39 is 18.2 Å². The van der Waals surface area contributed by atoms with Crippen molar-refractivity contribution in [2.24, 2.45) is 0 Å². The molecule has 0 radical (unpaired) electrons. The van der Waals surface area contributed by atoms with Gasteiger partial charge in [0.15, 0.2) is 0 Å². The highest BCUT2D eigenvalue weighted by molar-refractivity contribution is 5.70. The summed E-state index contributed by atoms with van der Waals surface area (Å²) in [5.74, 6) is 0. The van der Waals surface area contributed by atoms with Crippen molar-refractivity contribution in [2.75, 3.05) is 6.54 Å². The van der Waals surface area contributed by atoms with E-state index >= 15 is 0 Å². The number of amides is 2. The lowest BCUT2D eigenvalue weighted by atomic mass is 9.97. The third kappa shape index (κ3) is 1.73. The molecule has 17 heavy (non-hydrogen) atoms. The Morgan fingerprint density at radius 2 is 1.88 bits per heavy atom. The summed E-state index contributed by atoms with van der Waals surface area (Å²) >= 11 is 0. The second kappa shape index (κ2) is 3.94. The molecule has 3 atom stereocenters. The molecule has 0 aromatic rings. The summed E-state index contributed by atoms with van der Waals surface area (Å²) in [7, 11) is 0. The first-order valence-corrected chi connectivity index (χ1v) is 5.59. The third-order valence-electron chi connectivity index (χ3n) is 3.63. The second-order valence-electron chi connectivity index (χ2n) is 4.71. The van der Waals surface area contributed by atoms with Gasteiger partial charge in [-0.05, 0) is 19.8 Å². The van der Waals surface area contributed by atoms with E-state index in [4.69, 9.17) is 5.11 Å². The molecule has 0 unspecified atom stereocenters. The number of rotatable bonds is 1. The van der Waals surface area contributed by atoms with E-state index in [2.05, 4.69) is 6.58 Å². The van der Waals surface area contributed by atoms with Crippen LogP contribution in [-0.2, 0) is 0 Å². The van der Waals surface area contributed by atoms with Crippen LogP contribution in [0, 0.1) is 0 Å². The third-order valence-corrected chi connectivity index (χ3v) is 3.63. The molecule has 0 aromatic heterocycles. The number of piperazine rings is 1. The highest BCUT2D eigenvalue weighted by Crippen LogP contribution is 2.36. The van der Waals surface area contributed by atoms with Crippen LogP contribution in [0.3, 0.4) is 0 Å². The van der Waals surface area contributed by atoms with Gasteiger partial charge in [0.1, 0.15) is 0 Å². The number of carbonyl (C=O) groups is 2. The van der Waals surface area contributed by atoms with Crippen LogP contribution < -0.4 is 0 Å². The predicted molar refractivity (Wildman–Crippen MR) is 60.0 cm³/mol. The molecule has 0 aromatic carbocycles. The van der Waals surface area contributed by atoms with Gasteiger partial charge in [0.25, 0.3) is 0 Å². The fourth-order valence-corrected chi connectivity index (χ4v) is 3.04. The standard InChI is InChI=1S/C11H16N2O4/c1-6(2)9-8-4-3-7(13(8)11(16)17)5-12(9)10(14)15/h7-9H,1,3-5H2,2H3,(H,14,15)(H,16,17)/t7-,8+,9+/m1/s1.